The highest BCUT2D eigenvalue weighted by Crippen LogP contribution is 2.31. The van der Waals surface area contributed by atoms with Gasteiger partial charge < -0.3 is 14.4 Å². The summed E-state index contributed by atoms with van der Waals surface area (Å²) in [5.74, 6) is 0.256. The van der Waals surface area contributed by atoms with E-state index in [0.717, 1.165) is 59.2 Å². The molecule has 5 saturated heterocycles. The highest BCUT2D eigenvalue weighted by Gasteiger charge is 2.46. The van der Waals surface area contributed by atoms with Crippen LogP contribution >= 0.6 is 0 Å². The second kappa shape index (κ2) is 7.05. The van der Waals surface area contributed by atoms with Gasteiger partial charge in [-0.2, -0.15) is 0 Å². The van der Waals surface area contributed by atoms with Gasteiger partial charge in [0.2, 0.25) is 5.91 Å². The third-order valence-electron chi connectivity index (χ3n) is 5.75. The van der Waals surface area contributed by atoms with E-state index in [1.54, 1.807) is 6.92 Å². The molecule has 2 bridgehead atoms. The summed E-state index contributed by atoms with van der Waals surface area (Å²) in [5, 5.41) is 0. The van der Waals surface area contributed by atoms with Gasteiger partial charge in [0.1, 0.15) is 0 Å². The molecule has 0 saturated carbocycles. The van der Waals surface area contributed by atoms with Crippen molar-refractivity contribution in [3.8, 4) is 0 Å². The standard InChI is InChI=1S/C9H16N2O.C8H15NO2/c1-3-10-5-8-4-9(6-10)11(8)7(2)12;1-2-9-3-4-10-5-8(9)6-11-7-8/h8-9H,3-6H2,1-2H3;2-7H2,1H3. The predicted octanol–water partition coefficient (Wildman–Crippen LogP) is 0.419. The van der Waals surface area contributed by atoms with E-state index in [1.807, 2.05) is 4.90 Å². The minimum absolute atomic E-state index is 0.256. The maximum Gasteiger partial charge on any atom is 0.220 e. The maximum absolute atomic E-state index is 11.1. The average molecular weight is 325 g/mol. The molecule has 2 atom stereocenters. The summed E-state index contributed by atoms with van der Waals surface area (Å²) in [6, 6.07) is 1.06. The Kier molecular flexibility index (Phi) is 5.26. The number of morpholine rings is 1. The van der Waals surface area contributed by atoms with Crippen LogP contribution < -0.4 is 0 Å². The normalized spacial score (nSPS) is 32.6. The lowest BCUT2D eigenvalue weighted by Gasteiger charge is -2.56. The summed E-state index contributed by atoms with van der Waals surface area (Å²) in [7, 11) is 0. The van der Waals surface area contributed by atoms with Crippen molar-refractivity contribution in [1.29, 1.82) is 0 Å². The SMILES string of the molecule is CCN1CC2CC(C1)N2C(C)=O.CCN1CCOCC12COC2. The Bertz CT molecular complexity index is 415. The van der Waals surface area contributed by atoms with Gasteiger partial charge in [0, 0.05) is 38.6 Å². The fraction of sp³-hybridized carbons (Fsp3) is 0.941. The van der Waals surface area contributed by atoms with Crippen molar-refractivity contribution in [1.82, 2.24) is 14.7 Å². The van der Waals surface area contributed by atoms with Gasteiger partial charge in [-0.3, -0.25) is 14.6 Å². The second-order valence-electron chi connectivity index (χ2n) is 7.17. The summed E-state index contributed by atoms with van der Waals surface area (Å²) in [6.07, 6.45) is 1.23. The summed E-state index contributed by atoms with van der Waals surface area (Å²) in [6.45, 7) is 15.0. The molecule has 0 aromatic rings. The van der Waals surface area contributed by atoms with Crippen molar-refractivity contribution in [2.75, 3.05) is 59.2 Å². The van der Waals surface area contributed by atoms with E-state index < -0.39 is 0 Å². The minimum Gasteiger partial charge on any atom is -0.378 e. The van der Waals surface area contributed by atoms with Gasteiger partial charge in [-0.15, -0.1) is 0 Å². The molecular weight excluding hydrogens is 294 g/mol. The largest absolute Gasteiger partial charge is 0.378 e. The molecule has 1 spiro atoms. The van der Waals surface area contributed by atoms with E-state index in [0.29, 0.717) is 12.1 Å². The highest BCUT2D eigenvalue weighted by atomic mass is 16.5. The summed E-state index contributed by atoms with van der Waals surface area (Å²) >= 11 is 0. The molecule has 0 radical (unpaired) electrons. The number of amides is 1. The maximum atomic E-state index is 11.1. The highest BCUT2D eigenvalue weighted by molar-refractivity contribution is 5.75. The van der Waals surface area contributed by atoms with Crippen LogP contribution in [-0.2, 0) is 14.3 Å². The summed E-state index contributed by atoms with van der Waals surface area (Å²) in [4.78, 5) is 18.1. The molecule has 0 aromatic carbocycles. The van der Waals surface area contributed by atoms with Gasteiger partial charge in [0.05, 0.1) is 32.0 Å². The van der Waals surface area contributed by atoms with Crippen molar-refractivity contribution >= 4 is 5.91 Å². The lowest BCUT2D eigenvalue weighted by Crippen LogP contribution is -2.69. The van der Waals surface area contributed by atoms with E-state index in [9.17, 15) is 4.79 Å². The molecule has 5 aliphatic rings. The molecule has 5 heterocycles. The zero-order valence-corrected chi connectivity index (χ0v) is 14.8. The number of ether oxygens (including phenoxy) is 2. The molecule has 132 valence electrons. The lowest BCUT2D eigenvalue weighted by atomic mass is 9.87. The Morgan fingerprint density at radius 3 is 2.17 bits per heavy atom. The molecule has 6 nitrogen and oxygen atoms in total. The molecule has 6 heteroatoms. The van der Waals surface area contributed by atoms with Crippen molar-refractivity contribution in [3.63, 3.8) is 0 Å². The first-order valence-corrected chi connectivity index (χ1v) is 9.01. The van der Waals surface area contributed by atoms with Crippen LogP contribution in [0.2, 0.25) is 0 Å². The molecule has 5 aliphatic heterocycles. The topological polar surface area (TPSA) is 45.2 Å². The fourth-order valence-corrected chi connectivity index (χ4v) is 4.33. The Morgan fingerprint density at radius 2 is 1.74 bits per heavy atom. The van der Waals surface area contributed by atoms with E-state index in [2.05, 4.69) is 23.6 Å². The van der Waals surface area contributed by atoms with Gasteiger partial charge in [-0.05, 0) is 19.5 Å². The first kappa shape index (κ1) is 17.1. The molecule has 0 aromatic heterocycles. The number of piperazine rings is 1. The van der Waals surface area contributed by atoms with Crippen LogP contribution in [0.1, 0.15) is 27.2 Å². The van der Waals surface area contributed by atoms with E-state index in [4.69, 9.17) is 9.47 Å². The number of carbonyl (C=O) groups excluding carboxylic acids is 1. The number of likely N-dealkylation sites (N-methyl/N-ethyl adjacent to an activating group) is 2. The summed E-state index contributed by atoms with van der Waals surface area (Å²) in [5.41, 5.74) is 0.257. The molecule has 2 unspecified atom stereocenters. The quantitative estimate of drug-likeness (QED) is 0.736. The van der Waals surface area contributed by atoms with Crippen molar-refractivity contribution in [3.05, 3.63) is 0 Å². The van der Waals surface area contributed by atoms with Crippen LogP contribution in [0.4, 0.5) is 0 Å². The number of rotatable bonds is 2. The zero-order valence-electron chi connectivity index (χ0n) is 14.8. The molecule has 5 rings (SSSR count). The molecule has 0 aliphatic carbocycles. The van der Waals surface area contributed by atoms with Gasteiger partial charge in [0.15, 0.2) is 0 Å². The Balaban J connectivity index is 0.000000136. The van der Waals surface area contributed by atoms with Crippen LogP contribution in [0.25, 0.3) is 0 Å². The molecule has 5 fully saturated rings. The third kappa shape index (κ3) is 3.27. The predicted molar refractivity (Wildman–Crippen MR) is 88.4 cm³/mol. The lowest BCUT2D eigenvalue weighted by molar-refractivity contribution is -0.195. The summed E-state index contributed by atoms with van der Waals surface area (Å²) < 4.78 is 10.7. The smallest absolute Gasteiger partial charge is 0.220 e. The van der Waals surface area contributed by atoms with Crippen LogP contribution in [0.15, 0.2) is 0 Å². The molecule has 0 N–H and O–H groups in total. The van der Waals surface area contributed by atoms with Crippen LogP contribution in [0.5, 0.6) is 0 Å². The van der Waals surface area contributed by atoms with Crippen LogP contribution in [-0.4, -0.2) is 97.4 Å². The van der Waals surface area contributed by atoms with Crippen molar-refractivity contribution in [2.45, 2.75) is 44.8 Å². The monoisotopic (exact) mass is 325 g/mol. The second-order valence-corrected chi connectivity index (χ2v) is 7.17. The number of nitrogens with zero attached hydrogens (tertiary/aromatic N) is 3. The van der Waals surface area contributed by atoms with E-state index in [-0.39, 0.29) is 11.4 Å². The van der Waals surface area contributed by atoms with E-state index >= 15 is 0 Å². The fourth-order valence-electron chi connectivity index (χ4n) is 4.33. The molecule has 1 amide bonds. The van der Waals surface area contributed by atoms with Gasteiger partial charge in [-0.1, -0.05) is 13.8 Å². The van der Waals surface area contributed by atoms with E-state index in [1.165, 1.54) is 6.42 Å². The average Bonchev–Trinajstić information content (AvgIpc) is 2.53. The Labute approximate surface area is 139 Å². The van der Waals surface area contributed by atoms with Gasteiger partial charge in [-0.25, -0.2) is 0 Å². The van der Waals surface area contributed by atoms with Crippen molar-refractivity contribution in [2.24, 2.45) is 0 Å². The third-order valence-corrected chi connectivity index (χ3v) is 5.75. The Morgan fingerprint density at radius 1 is 1.09 bits per heavy atom. The first-order chi connectivity index (χ1) is 11.1. The number of fused-ring (bicyclic) bond motifs is 2. The van der Waals surface area contributed by atoms with Gasteiger partial charge in [0.25, 0.3) is 0 Å². The van der Waals surface area contributed by atoms with Crippen molar-refractivity contribution < 1.29 is 14.3 Å². The number of carbonyl (C=O) groups is 1. The number of piperidine rings is 1. The molecular formula is C17H31N3O3. The Hall–Kier alpha value is -0.690. The van der Waals surface area contributed by atoms with Gasteiger partial charge >= 0.3 is 0 Å². The van der Waals surface area contributed by atoms with Crippen LogP contribution in [0, 0.1) is 0 Å². The number of hydrogen-bond acceptors (Lipinski definition) is 5. The zero-order chi connectivity index (χ0) is 16.4. The number of hydrogen-bond donors (Lipinski definition) is 0. The molecule has 23 heavy (non-hydrogen) atoms. The minimum atomic E-state index is 0.256. The first-order valence-electron chi connectivity index (χ1n) is 9.01. The van der Waals surface area contributed by atoms with Crippen LogP contribution in [0.3, 0.4) is 0 Å².